The van der Waals surface area contributed by atoms with Crippen molar-refractivity contribution in [2.45, 2.75) is 6.92 Å². The molecule has 2 amide bonds. The van der Waals surface area contributed by atoms with Crippen molar-refractivity contribution in [3.63, 3.8) is 0 Å². The van der Waals surface area contributed by atoms with Gasteiger partial charge in [-0.15, -0.1) is 0 Å². The van der Waals surface area contributed by atoms with Gasteiger partial charge in [0.1, 0.15) is 0 Å². The second kappa shape index (κ2) is 3.12. The molecule has 0 spiro atoms. The SMILES string of the molecule is CC(=O)NC(=O)CF. The maximum Gasteiger partial charge on any atom is 0.257 e. The first-order valence-corrected chi connectivity index (χ1v) is 2.03. The third-order valence-corrected chi connectivity index (χ3v) is 0.437. The van der Waals surface area contributed by atoms with Gasteiger partial charge in [-0.25, -0.2) is 4.39 Å². The third kappa shape index (κ3) is 3.27. The molecule has 0 aliphatic heterocycles. The lowest BCUT2D eigenvalue weighted by Crippen LogP contribution is -2.28. The van der Waals surface area contributed by atoms with Crippen LogP contribution in [0.5, 0.6) is 0 Å². The summed E-state index contributed by atoms with van der Waals surface area (Å²) in [5.74, 6) is -1.43. The predicted molar refractivity (Wildman–Crippen MR) is 24.8 cm³/mol. The van der Waals surface area contributed by atoms with Gasteiger partial charge in [0.2, 0.25) is 5.91 Å². The third-order valence-electron chi connectivity index (χ3n) is 0.437. The molecule has 0 aliphatic carbocycles. The predicted octanol–water partition coefficient (Wildman–Crippen LogP) is -0.381. The number of hydrogen-bond donors (Lipinski definition) is 1. The smallest absolute Gasteiger partial charge is 0.257 e. The van der Waals surface area contributed by atoms with E-state index in [9.17, 15) is 14.0 Å². The van der Waals surface area contributed by atoms with Crippen molar-refractivity contribution in [1.82, 2.24) is 5.32 Å². The number of halogens is 1. The second-order valence-electron chi connectivity index (χ2n) is 1.24. The van der Waals surface area contributed by atoms with Crippen LogP contribution in [0.1, 0.15) is 6.92 Å². The van der Waals surface area contributed by atoms with Crippen LogP contribution in [-0.4, -0.2) is 18.5 Å². The van der Waals surface area contributed by atoms with Gasteiger partial charge in [-0.05, 0) is 0 Å². The van der Waals surface area contributed by atoms with Crippen molar-refractivity contribution in [3.8, 4) is 0 Å². The summed E-state index contributed by atoms with van der Waals surface area (Å²) in [6.07, 6.45) is 0. The van der Waals surface area contributed by atoms with E-state index in [2.05, 4.69) is 0 Å². The fourth-order valence-corrected chi connectivity index (χ4v) is 0.230. The lowest BCUT2D eigenvalue weighted by atomic mass is 10.6. The van der Waals surface area contributed by atoms with Gasteiger partial charge in [-0.1, -0.05) is 0 Å². The molecule has 0 heterocycles. The number of carbonyl (C=O) groups is 2. The van der Waals surface area contributed by atoms with Crippen LogP contribution in [0.15, 0.2) is 0 Å². The van der Waals surface area contributed by atoms with Crippen LogP contribution in [-0.2, 0) is 9.59 Å². The highest BCUT2D eigenvalue weighted by Crippen LogP contribution is 1.67. The molecule has 46 valence electrons. The topological polar surface area (TPSA) is 46.2 Å². The molecule has 1 N–H and O–H groups in total. The molecule has 0 aliphatic rings. The molecule has 0 saturated carbocycles. The zero-order valence-corrected chi connectivity index (χ0v) is 4.40. The fourth-order valence-electron chi connectivity index (χ4n) is 0.230. The Bertz CT molecular complexity index is 113. The Labute approximate surface area is 45.9 Å². The molecule has 0 fully saturated rings. The van der Waals surface area contributed by atoms with E-state index >= 15 is 0 Å². The van der Waals surface area contributed by atoms with E-state index in [1.165, 1.54) is 0 Å². The minimum atomic E-state index is -1.14. The molecule has 0 saturated heterocycles. The number of amides is 2. The number of hydrogen-bond acceptors (Lipinski definition) is 2. The van der Waals surface area contributed by atoms with Gasteiger partial charge in [-0.2, -0.15) is 0 Å². The molecule has 0 rings (SSSR count). The van der Waals surface area contributed by atoms with Crippen LogP contribution >= 0.6 is 0 Å². The lowest BCUT2D eigenvalue weighted by Gasteiger charge is -1.91. The number of imide groups is 1. The summed E-state index contributed by atoms with van der Waals surface area (Å²) in [4.78, 5) is 19.8. The van der Waals surface area contributed by atoms with E-state index in [1.54, 1.807) is 5.32 Å². The van der Waals surface area contributed by atoms with Crippen LogP contribution < -0.4 is 5.32 Å². The summed E-state index contributed by atoms with van der Waals surface area (Å²) >= 11 is 0. The number of rotatable bonds is 1. The summed E-state index contributed by atoms with van der Waals surface area (Å²) in [5, 5.41) is 1.74. The molecule has 0 atom stereocenters. The van der Waals surface area contributed by atoms with Crippen molar-refractivity contribution < 1.29 is 14.0 Å². The molecule has 0 aromatic rings. The van der Waals surface area contributed by atoms with E-state index in [1.807, 2.05) is 0 Å². The largest absolute Gasteiger partial charge is 0.294 e. The van der Waals surface area contributed by atoms with Gasteiger partial charge in [0.25, 0.3) is 5.91 Å². The summed E-state index contributed by atoms with van der Waals surface area (Å²) in [6, 6.07) is 0. The first-order valence-electron chi connectivity index (χ1n) is 2.03. The molecular weight excluding hydrogens is 113 g/mol. The maximum absolute atomic E-state index is 11.2. The summed E-state index contributed by atoms with van der Waals surface area (Å²) < 4.78 is 11.2. The Kier molecular flexibility index (Phi) is 2.76. The van der Waals surface area contributed by atoms with Crippen LogP contribution in [0.25, 0.3) is 0 Å². The maximum atomic E-state index is 11.2. The molecule has 8 heavy (non-hydrogen) atoms. The molecule has 0 unspecified atom stereocenters. The van der Waals surface area contributed by atoms with Crippen molar-refractivity contribution in [1.29, 1.82) is 0 Å². The summed E-state index contributed by atoms with van der Waals surface area (Å²) in [7, 11) is 0. The minimum Gasteiger partial charge on any atom is -0.294 e. The second-order valence-corrected chi connectivity index (χ2v) is 1.24. The first-order chi connectivity index (χ1) is 3.66. The zero-order chi connectivity index (χ0) is 6.57. The molecule has 4 heteroatoms. The molecular formula is C4H6FNO2. The average molecular weight is 119 g/mol. The lowest BCUT2D eigenvalue weighted by molar-refractivity contribution is -0.129. The van der Waals surface area contributed by atoms with Crippen LogP contribution in [0.3, 0.4) is 0 Å². The van der Waals surface area contributed by atoms with Gasteiger partial charge >= 0.3 is 0 Å². The van der Waals surface area contributed by atoms with E-state index < -0.39 is 18.5 Å². The first kappa shape index (κ1) is 7.07. The van der Waals surface area contributed by atoms with Crippen LogP contribution in [0, 0.1) is 0 Å². The van der Waals surface area contributed by atoms with Crippen molar-refractivity contribution in [2.24, 2.45) is 0 Å². The van der Waals surface area contributed by atoms with E-state index in [-0.39, 0.29) is 0 Å². The van der Waals surface area contributed by atoms with Gasteiger partial charge in [-0.3, -0.25) is 14.9 Å². The summed E-state index contributed by atoms with van der Waals surface area (Å²) in [5.41, 5.74) is 0. The van der Waals surface area contributed by atoms with Crippen LogP contribution in [0.4, 0.5) is 4.39 Å². The summed E-state index contributed by atoms with van der Waals surface area (Å²) in [6.45, 7) is 0.00708. The van der Waals surface area contributed by atoms with Crippen molar-refractivity contribution >= 4 is 11.8 Å². The highest BCUT2D eigenvalue weighted by Gasteiger charge is 1.98. The minimum absolute atomic E-state index is 0.535. The number of carbonyl (C=O) groups excluding carboxylic acids is 2. The Balaban J connectivity index is 3.40. The van der Waals surface area contributed by atoms with E-state index in [0.717, 1.165) is 6.92 Å². The average Bonchev–Trinajstić information content (AvgIpc) is 1.65. The highest BCUT2D eigenvalue weighted by molar-refractivity contribution is 5.94. The van der Waals surface area contributed by atoms with E-state index in [4.69, 9.17) is 0 Å². The van der Waals surface area contributed by atoms with Crippen molar-refractivity contribution in [2.75, 3.05) is 6.67 Å². The zero-order valence-electron chi connectivity index (χ0n) is 4.40. The standard InChI is InChI=1S/C4H6FNO2/c1-3(7)6-4(8)2-5/h2H2,1H3,(H,6,7,8). The van der Waals surface area contributed by atoms with Crippen molar-refractivity contribution in [3.05, 3.63) is 0 Å². The van der Waals surface area contributed by atoms with E-state index in [0.29, 0.717) is 0 Å². The van der Waals surface area contributed by atoms with Gasteiger partial charge in [0.05, 0.1) is 0 Å². The van der Waals surface area contributed by atoms with Gasteiger partial charge < -0.3 is 0 Å². The van der Waals surface area contributed by atoms with Gasteiger partial charge in [0, 0.05) is 6.92 Å². The molecule has 0 radical (unpaired) electrons. The van der Waals surface area contributed by atoms with Crippen LogP contribution in [0.2, 0.25) is 0 Å². The number of nitrogens with one attached hydrogen (secondary N) is 1. The molecule has 0 bridgehead atoms. The molecule has 0 aromatic carbocycles. The Morgan fingerprint density at radius 1 is 1.62 bits per heavy atom. The number of alkyl halides is 1. The Morgan fingerprint density at radius 3 is 2.25 bits per heavy atom. The highest BCUT2D eigenvalue weighted by atomic mass is 19.1. The Hall–Kier alpha value is -0.930. The monoisotopic (exact) mass is 119 g/mol. The van der Waals surface area contributed by atoms with Gasteiger partial charge in [0.15, 0.2) is 6.67 Å². The normalized spacial score (nSPS) is 8.25. The quantitative estimate of drug-likeness (QED) is 0.511. The molecule has 0 aromatic heterocycles. The fraction of sp³-hybridized carbons (Fsp3) is 0.500. The molecule has 3 nitrogen and oxygen atoms in total. The Morgan fingerprint density at radius 2 is 2.12 bits per heavy atom.